The van der Waals surface area contributed by atoms with Gasteiger partial charge in [-0.25, -0.2) is 14.4 Å². The average Bonchev–Trinajstić information content (AvgIpc) is 3.29. The number of ether oxygens (including phenoxy) is 1. The molecule has 1 unspecified atom stereocenters. The van der Waals surface area contributed by atoms with E-state index in [1.54, 1.807) is 18.5 Å². The summed E-state index contributed by atoms with van der Waals surface area (Å²) >= 11 is 0. The van der Waals surface area contributed by atoms with E-state index in [1.807, 2.05) is 0 Å². The van der Waals surface area contributed by atoms with Crippen LogP contribution in [-0.4, -0.2) is 32.7 Å². The Labute approximate surface area is 155 Å². The number of halogens is 1. The molecule has 7 nitrogen and oxygen atoms in total. The smallest absolute Gasteiger partial charge is 0.252 e. The van der Waals surface area contributed by atoms with Gasteiger partial charge in [0.25, 0.3) is 5.56 Å². The first-order valence-electron chi connectivity index (χ1n) is 8.84. The number of aryl methyl sites for hydroxylation is 2. The maximum atomic E-state index is 13.3. The number of nitrogens with zero attached hydrogens (tertiary/aromatic N) is 3. The third-order valence-corrected chi connectivity index (χ3v) is 4.71. The zero-order valence-electron chi connectivity index (χ0n) is 14.7. The summed E-state index contributed by atoms with van der Waals surface area (Å²) in [5.74, 6) is 0.683. The van der Waals surface area contributed by atoms with Crippen LogP contribution in [0.3, 0.4) is 0 Å². The van der Waals surface area contributed by atoms with Gasteiger partial charge in [0, 0.05) is 37.1 Å². The lowest BCUT2D eigenvalue weighted by molar-refractivity contribution is 0.193. The van der Waals surface area contributed by atoms with Crippen LogP contribution in [0.5, 0.6) is 0 Å². The summed E-state index contributed by atoms with van der Waals surface area (Å²) in [4.78, 5) is 23.0. The summed E-state index contributed by atoms with van der Waals surface area (Å²) < 4.78 is 20.9. The van der Waals surface area contributed by atoms with E-state index in [2.05, 4.69) is 19.5 Å². The molecule has 1 aliphatic heterocycles. The van der Waals surface area contributed by atoms with Crippen molar-refractivity contribution in [3.63, 3.8) is 0 Å². The number of nitrogens with two attached hydrogens (primary N) is 1. The van der Waals surface area contributed by atoms with E-state index in [0.29, 0.717) is 32.0 Å². The van der Waals surface area contributed by atoms with E-state index < -0.39 is 0 Å². The molecular weight excluding hydrogens is 349 g/mol. The number of nitrogen functional groups attached to an aromatic ring is 1. The molecular formula is C19H20FN5O2. The third kappa shape index (κ3) is 3.75. The van der Waals surface area contributed by atoms with Crippen LogP contribution in [-0.2, 0) is 17.7 Å². The van der Waals surface area contributed by atoms with Crippen LogP contribution >= 0.6 is 0 Å². The lowest BCUT2D eigenvalue weighted by Crippen LogP contribution is -2.15. The third-order valence-electron chi connectivity index (χ3n) is 4.71. The normalized spacial score (nSPS) is 16.7. The Kier molecular flexibility index (Phi) is 4.72. The van der Waals surface area contributed by atoms with Gasteiger partial charge in [-0.3, -0.25) is 4.79 Å². The van der Waals surface area contributed by atoms with Crippen molar-refractivity contribution in [1.29, 1.82) is 0 Å². The Bertz CT molecular complexity index is 990. The van der Waals surface area contributed by atoms with E-state index in [0.717, 1.165) is 23.4 Å². The van der Waals surface area contributed by atoms with Gasteiger partial charge >= 0.3 is 0 Å². The molecule has 0 aliphatic carbocycles. The average molecular weight is 369 g/mol. The van der Waals surface area contributed by atoms with Crippen molar-refractivity contribution in [2.24, 2.45) is 0 Å². The summed E-state index contributed by atoms with van der Waals surface area (Å²) in [5, 5.41) is 0. The summed E-state index contributed by atoms with van der Waals surface area (Å²) in [5.41, 5.74) is 8.15. The molecule has 1 fully saturated rings. The zero-order chi connectivity index (χ0) is 18.8. The second-order valence-electron chi connectivity index (χ2n) is 6.61. The molecule has 140 valence electrons. The van der Waals surface area contributed by atoms with Gasteiger partial charge in [-0.1, -0.05) is 0 Å². The second kappa shape index (κ2) is 7.32. The molecule has 4 rings (SSSR count). The van der Waals surface area contributed by atoms with Crippen LogP contribution in [0.2, 0.25) is 0 Å². The van der Waals surface area contributed by atoms with Crippen LogP contribution in [0.25, 0.3) is 11.3 Å². The first-order chi connectivity index (χ1) is 13.1. The largest absolute Gasteiger partial charge is 0.383 e. The number of hydrogen-bond donors (Lipinski definition) is 2. The molecule has 1 aliphatic rings. The number of anilines is 1. The minimum absolute atomic E-state index is 0.204. The van der Waals surface area contributed by atoms with E-state index in [-0.39, 0.29) is 23.1 Å². The molecule has 3 N–H and O–H groups in total. The second-order valence-corrected chi connectivity index (χ2v) is 6.61. The molecule has 0 spiro atoms. The van der Waals surface area contributed by atoms with E-state index in [4.69, 9.17) is 10.5 Å². The van der Waals surface area contributed by atoms with E-state index in [1.165, 1.54) is 18.2 Å². The number of aromatic amines is 1. The quantitative estimate of drug-likeness (QED) is 0.718. The predicted molar refractivity (Wildman–Crippen MR) is 98.8 cm³/mol. The van der Waals surface area contributed by atoms with Gasteiger partial charge in [-0.2, -0.15) is 0 Å². The van der Waals surface area contributed by atoms with E-state index in [9.17, 15) is 9.18 Å². The maximum absolute atomic E-state index is 13.3. The zero-order valence-corrected chi connectivity index (χ0v) is 14.7. The first-order valence-corrected chi connectivity index (χ1v) is 8.84. The Morgan fingerprint density at radius 2 is 2.15 bits per heavy atom. The molecule has 0 amide bonds. The van der Waals surface area contributed by atoms with Gasteiger partial charge in [0.05, 0.1) is 24.3 Å². The van der Waals surface area contributed by atoms with E-state index >= 15 is 0 Å². The fraction of sp³-hybridized carbons (Fsp3) is 0.316. The van der Waals surface area contributed by atoms with Crippen molar-refractivity contribution >= 4 is 5.82 Å². The molecule has 27 heavy (non-hydrogen) atoms. The minimum atomic E-state index is -0.277. The molecule has 8 heteroatoms. The molecule has 1 saturated heterocycles. The van der Waals surface area contributed by atoms with Crippen molar-refractivity contribution in [2.75, 3.05) is 18.9 Å². The Hall–Kier alpha value is -3.00. The van der Waals surface area contributed by atoms with Crippen molar-refractivity contribution in [1.82, 2.24) is 19.5 Å². The number of aromatic nitrogens is 4. The van der Waals surface area contributed by atoms with Crippen molar-refractivity contribution in [3.05, 3.63) is 64.3 Å². The monoisotopic (exact) mass is 369 g/mol. The molecule has 0 bridgehead atoms. The number of nitrogens with one attached hydrogen (secondary N) is 1. The van der Waals surface area contributed by atoms with Crippen LogP contribution in [0, 0.1) is 5.82 Å². The first kappa shape index (κ1) is 17.4. The molecule has 1 aromatic carbocycles. The summed E-state index contributed by atoms with van der Waals surface area (Å²) in [7, 11) is 0. The minimum Gasteiger partial charge on any atom is -0.383 e. The fourth-order valence-corrected chi connectivity index (χ4v) is 3.45. The lowest BCUT2D eigenvalue weighted by atomic mass is 9.99. The van der Waals surface area contributed by atoms with Crippen LogP contribution in [0.15, 0.2) is 41.5 Å². The topological polar surface area (TPSA) is 98.8 Å². The summed E-state index contributed by atoms with van der Waals surface area (Å²) in [6.45, 7) is 1.93. The van der Waals surface area contributed by atoms with Gasteiger partial charge in [-0.05, 0) is 30.7 Å². The Balaban J connectivity index is 1.65. The van der Waals surface area contributed by atoms with Gasteiger partial charge in [0.1, 0.15) is 17.5 Å². The van der Waals surface area contributed by atoms with Gasteiger partial charge < -0.3 is 20.0 Å². The highest BCUT2D eigenvalue weighted by molar-refractivity contribution is 5.62. The number of rotatable bonds is 5. The SMILES string of the molecule is Nc1cc(=O)[nH]c(CCn2cnc(-c3ccc(F)cc3)c2C2CCOC2)n1. The molecule has 3 heterocycles. The fourth-order valence-electron chi connectivity index (χ4n) is 3.45. The number of benzene rings is 1. The highest BCUT2D eigenvalue weighted by atomic mass is 19.1. The van der Waals surface area contributed by atoms with Crippen molar-refractivity contribution in [2.45, 2.75) is 25.3 Å². The Morgan fingerprint density at radius 1 is 1.33 bits per heavy atom. The number of H-pyrrole nitrogens is 1. The van der Waals surface area contributed by atoms with Crippen LogP contribution in [0.4, 0.5) is 10.2 Å². The van der Waals surface area contributed by atoms with Crippen molar-refractivity contribution < 1.29 is 9.13 Å². The number of imidazole rings is 1. The highest BCUT2D eigenvalue weighted by Gasteiger charge is 2.26. The summed E-state index contributed by atoms with van der Waals surface area (Å²) in [6.07, 6.45) is 3.20. The van der Waals surface area contributed by atoms with Gasteiger partial charge in [-0.15, -0.1) is 0 Å². The standard InChI is InChI=1S/C19H20FN5O2/c20-14-3-1-12(2-4-14)18-19(13-6-8-27-10-13)25(11-22-18)7-5-16-23-15(21)9-17(26)24-16/h1-4,9,11,13H,5-8,10H2,(H3,21,23,24,26). The molecule has 1 atom stereocenters. The molecule has 0 saturated carbocycles. The summed E-state index contributed by atoms with van der Waals surface area (Å²) in [6, 6.07) is 7.60. The van der Waals surface area contributed by atoms with Gasteiger partial charge in [0.15, 0.2) is 0 Å². The van der Waals surface area contributed by atoms with Crippen LogP contribution in [0.1, 0.15) is 23.9 Å². The molecule has 0 radical (unpaired) electrons. The lowest BCUT2D eigenvalue weighted by Gasteiger charge is -2.15. The van der Waals surface area contributed by atoms with Crippen molar-refractivity contribution in [3.8, 4) is 11.3 Å². The number of hydrogen-bond acceptors (Lipinski definition) is 5. The molecule has 3 aromatic rings. The predicted octanol–water partition coefficient (Wildman–Crippen LogP) is 2.10. The maximum Gasteiger partial charge on any atom is 0.252 e. The molecule has 2 aromatic heterocycles. The van der Waals surface area contributed by atoms with Crippen LogP contribution < -0.4 is 11.3 Å². The highest BCUT2D eigenvalue weighted by Crippen LogP contribution is 2.33. The Morgan fingerprint density at radius 3 is 2.85 bits per heavy atom. The van der Waals surface area contributed by atoms with Gasteiger partial charge in [0.2, 0.25) is 0 Å².